The van der Waals surface area contributed by atoms with Crippen LogP contribution in [0.1, 0.15) is 18.1 Å². The Morgan fingerprint density at radius 1 is 1.13 bits per heavy atom. The Kier molecular flexibility index (Phi) is 5.98. The van der Waals surface area contributed by atoms with Crippen LogP contribution in [0.4, 0.5) is 10.5 Å². The smallest absolute Gasteiger partial charge is 0.409 e. The van der Waals surface area contributed by atoms with Gasteiger partial charge in [-0.1, -0.05) is 6.07 Å². The van der Waals surface area contributed by atoms with E-state index < -0.39 is 0 Å². The van der Waals surface area contributed by atoms with Gasteiger partial charge in [0, 0.05) is 31.9 Å². The van der Waals surface area contributed by atoms with E-state index in [2.05, 4.69) is 5.32 Å². The molecule has 1 aliphatic heterocycles. The third kappa shape index (κ3) is 4.96. The van der Waals surface area contributed by atoms with Gasteiger partial charge in [0.25, 0.3) is 0 Å². The van der Waals surface area contributed by atoms with Gasteiger partial charge in [-0.2, -0.15) is 0 Å². The van der Waals surface area contributed by atoms with E-state index in [0.717, 1.165) is 11.3 Å². The number of rotatable bonds is 4. The standard InChI is InChI=1S/C17H25N3O3/c1-4-23-17(22)20-9-7-19(8-10-20)12-16(21)18-15-6-5-13(2)14(3)11-15/h5-6,11H,4,7-10,12H2,1-3H3,(H,18,21). The van der Waals surface area contributed by atoms with E-state index in [1.165, 1.54) is 5.56 Å². The number of aryl methyl sites for hydroxylation is 2. The number of carbonyl (C=O) groups excluding carboxylic acids is 2. The number of hydrogen-bond donors (Lipinski definition) is 1. The molecule has 126 valence electrons. The third-order valence-corrected chi connectivity index (χ3v) is 4.06. The Labute approximate surface area is 137 Å². The molecule has 23 heavy (non-hydrogen) atoms. The molecule has 1 N–H and O–H groups in total. The molecule has 0 bridgehead atoms. The second kappa shape index (κ2) is 7.97. The van der Waals surface area contributed by atoms with Gasteiger partial charge in [0.05, 0.1) is 13.2 Å². The van der Waals surface area contributed by atoms with Crippen LogP contribution in [-0.4, -0.2) is 61.1 Å². The quantitative estimate of drug-likeness (QED) is 0.922. The Hall–Kier alpha value is -2.08. The summed E-state index contributed by atoms with van der Waals surface area (Å²) in [6.45, 7) is 9.14. The maximum Gasteiger partial charge on any atom is 0.409 e. The highest BCUT2D eigenvalue weighted by Crippen LogP contribution is 2.14. The van der Waals surface area contributed by atoms with Crippen molar-refractivity contribution < 1.29 is 14.3 Å². The highest BCUT2D eigenvalue weighted by molar-refractivity contribution is 5.92. The fourth-order valence-electron chi connectivity index (χ4n) is 2.53. The zero-order valence-electron chi connectivity index (χ0n) is 14.1. The zero-order chi connectivity index (χ0) is 16.8. The molecule has 1 aliphatic rings. The summed E-state index contributed by atoms with van der Waals surface area (Å²) in [5, 5.41) is 2.93. The van der Waals surface area contributed by atoms with Gasteiger partial charge in [-0.05, 0) is 44.0 Å². The van der Waals surface area contributed by atoms with Crippen molar-refractivity contribution >= 4 is 17.7 Å². The number of nitrogens with zero attached hydrogens (tertiary/aromatic N) is 2. The van der Waals surface area contributed by atoms with Gasteiger partial charge in [0.15, 0.2) is 0 Å². The summed E-state index contributed by atoms with van der Waals surface area (Å²) in [4.78, 5) is 27.5. The molecular weight excluding hydrogens is 294 g/mol. The van der Waals surface area contributed by atoms with Crippen LogP contribution in [0.15, 0.2) is 18.2 Å². The van der Waals surface area contributed by atoms with Crippen LogP contribution in [-0.2, 0) is 9.53 Å². The molecule has 0 aliphatic carbocycles. The summed E-state index contributed by atoms with van der Waals surface area (Å²) in [7, 11) is 0. The summed E-state index contributed by atoms with van der Waals surface area (Å²) in [5.74, 6) is -0.0298. The van der Waals surface area contributed by atoms with Crippen LogP contribution in [0.2, 0.25) is 0 Å². The number of piperazine rings is 1. The van der Waals surface area contributed by atoms with Crippen molar-refractivity contribution in [3.63, 3.8) is 0 Å². The molecule has 0 radical (unpaired) electrons. The molecule has 0 unspecified atom stereocenters. The number of hydrogen-bond acceptors (Lipinski definition) is 4. The minimum atomic E-state index is -0.272. The van der Waals surface area contributed by atoms with Crippen LogP contribution < -0.4 is 5.32 Å². The number of amides is 2. The largest absolute Gasteiger partial charge is 0.450 e. The van der Waals surface area contributed by atoms with Gasteiger partial charge in [0.1, 0.15) is 0 Å². The summed E-state index contributed by atoms with van der Waals surface area (Å²) in [6.07, 6.45) is -0.272. The highest BCUT2D eigenvalue weighted by Gasteiger charge is 2.23. The maximum absolute atomic E-state index is 12.1. The molecule has 0 aromatic heterocycles. The predicted octanol–water partition coefficient (Wildman–Crippen LogP) is 2.02. The van der Waals surface area contributed by atoms with Gasteiger partial charge in [-0.3, -0.25) is 9.69 Å². The SMILES string of the molecule is CCOC(=O)N1CCN(CC(=O)Nc2ccc(C)c(C)c2)CC1. The van der Waals surface area contributed by atoms with E-state index in [1.807, 2.05) is 36.9 Å². The Morgan fingerprint density at radius 2 is 1.83 bits per heavy atom. The molecular formula is C17H25N3O3. The number of anilines is 1. The summed E-state index contributed by atoms with van der Waals surface area (Å²) >= 11 is 0. The van der Waals surface area contributed by atoms with E-state index in [1.54, 1.807) is 11.8 Å². The predicted molar refractivity (Wildman–Crippen MR) is 89.6 cm³/mol. The molecule has 1 heterocycles. The summed E-state index contributed by atoms with van der Waals surface area (Å²) in [6, 6.07) is 5.90. The lowest BCUT2D eigenvalue weighted by atomic mass is 10.1. The van der Waals surface area contributed by atoms with Crippen molar-refractivity contribution in [2.45, 2.75) is 20.8 Å². The van der Waals surface area contributed by atoms with E-state index in [-0.39, 0.29) is 12.0 Å². The van der Waals surface area contributed by atoms with Gasteiger partial charge >= 0.3 is 6.09 Å². The first-order chi connectivity index (χ1) is 11.0. The van der Waals surface area contributed by atoms with Crippen LogP contribution in [0, 0.1) is 13.8 Å². The monoisotopic (exact) mass is 319 g/mol. The van der Waals surface area contributed by atoms with Crippen LogP contribution >= 0.6 is 0 Å². The molecule has 0 atom stereocenters. The average Bonchev–Trinajstić information content (AvgIpc) is 2.52. The Balaban J connectivity index is 1.78. The average molecular weight is 319 g/mol. The topological polar surface area (TPSA) is 61.9 Å². The molecule has 6 heteroatoms. The number of benzene rings is 1. The number of ether oxygens (including phenoxy) is 1. The van der Waals surface area contributed by atoms with Gasteiger partial charge in [0.2, 0.25) is 5.91 Å². The second-order valence-corrected chi connectivity index (χ2v) is 5.81. The van der Waals surface area contributed by atoms with E-state index in [0.29, 0.717) is 39.3 Å². The first-order valence-electron chi connectivity index (χ1n) is 8.00. The van der Waals surface area contributed by atoms with Crippen molar-refractivity contribution in [3.8, 4) is 0 Å². The third-order valence-electron chi connectivity index (χ3n) is 4.06. The van der Waals surface area contributed by atoms with Gasteiger partial charge in [-0.15, -0.1) is 0 Å². The number of carbonyl (C=O) groups is 2. The van der Waals surface area contributed by atoms with Crippen LogP contribution in [0.3, 0.4) is 0 Å². The van der Waals surface area contributed by atoms with Gasteiger partial charge in [-0.25, -0.2) is 4.79 Å². The van der Waals surface area contributed by atoms with Crippen LogP contribution in [0.25, 0.3) is 0 Å². The first kappa shape index (κ1) is 17.3. The van der Waals surface area contributed by atoms with Gasteiger partial charge < -0.3 is 15.0 Å². The molecule has 0 saturated carbocycles. The molecule has 1 aromatic carbocycles. The van der Waals surface area contributed by atoms with E-state index in [9.17, 15) is 9.59 Å². The van der Waals surface area contributed by atoms with Crippen molar-refractivity contribution in [1.29, 1.82) is 0 Å². The molecule has 2 amide bonds. The lowest BCUT2D eigenvalue weighted by Crippen LogP contribution is -2.50. The Bertz CT molecular complexity index is 566. The molecule has 1 saturated heterocycles. The minimum absolute atomic E-state index is 0.0298. The van der Waals surface area contributed by atoms with Crippen molar-refractivity contribution in [3.05, 3.63) is 29.3 Å². The zero-order valence-corrected chi connectivity index (χ0v) is 14.1. The van der Waals surface area contributed by atoms with Crippen molar-refractivity contribution in [2.24, 2.45) is 0 Å². The van der Waals surface area contributed by atoms with E-state index in [4.69, 9.17) is 4.74 Å². The van der Waals surface area contributed by atoms with Crippen molar-refractivity contribution in [1.82, 2.24) is 9.80 Å². The summed E-state index contributed by atoms with van der Waals surface area (Å²) < 4.78 is 4.99. The molecule has 6 nitrogen and oxygen atoms in total. The first-order valence-corrected chi connectivity index (χ1v) is 8.00. The highest BCUT2D eigenvalue weighted by atomic mass is 16.6. The molecule has 0 spiro atoms. The fourth-order valence-corrected chi connectivity index (χ4v) is 2.53. The minimum Gasteiger partial charge on any atom is -0.450 e. The number of nitrogens with one attached hydrogen (secondary N) is 1. The lowest BCUT2D eigenvalue weighted by molar-refractivity contribution is -0.117. The van der Waals surface area contributed by atoms with E-state index >= 15 is 0 Å². The normalized spacial score (nSPS) is 15.3. The second-order valence-electron chi connectivity index (χ2n) is 5.81. The Morgan fingerprint density at radius 3 is 2.43 bits per heavy atom. The fraction of sp³-hybridized carbons (Fsp3) is 0.529. The maximum atomic E-state index is 12.1. The summed E-state index contributed by atoms with van der Waals surface area (Å²) in [5.41, 5.74) is 3.19. The van der Waals surface area contributed by atoms with Crippen molar-refractivity contribution in [2.75, 3.05) is 44.6 Å². The van der Waals surface area contributed by atoms with Crippen LogP contribution in [0.5, 0.6) is 0 Å². The molecule has 2 rings (SSSR count). The lowest BCUT2D eigenvalue weighted by Gasteiger charge is -2.33. The molecule has 1 fully saturated rings. The molecule has 1 aromatic rings.